The van der Waals surface area contributed by atoms with Gasteiger partial charge in [-0.1, -0.05) is 0 Å². The lowest BCUT2D eigenvalue weighted by atomic mass is 10.1. The molecule has 0 radical (unpaired) electrons. The monoisotopic (exact) mass is 275 g/mol. The van der Waals surface area contributed by atoms with E-state index < -0.39 is 5.54 Å². The Morgan fingerprint density at radius 1 is 1.53 bits per heavy atom. The number of halogens is 2. The Bertz CT molecular complexity index is 574. The summed E-state index contributed by atoms with van der Waals surface area (Å²) in [6.07, 6.45) is 1.40. The van der Waals surface area contributed by atoms with E-state index in [1.165, 1.54) is 10.7 Å². The van der Waals surface area contributed by atoms with Crippen molar-refractivity contribution in [3.63, 3.8) is 0 Å². The number of alkyl halides is 2. The van der Waals surface area contributed by atoms with Gasteiger partial charge in [0.1, 0.15) is 12.1 Å². The molecule has 0 saturated heterocycles. The first-order chi connectivity index (χ1) is 8.08. The molecule has 92 valence electrons. The van der Waals surface area contributed by atoms with E-state index >= 15 is 0 Å². The van der Waals surface area contributed by atoms with Crippen LogP contribution in [0.2, 0.25) is 0 Å². The normalized spacial score (nSPS) is 11.9. The smallest absolute Gasteiger partial charge is 0.348 e. The number of anilines is 1. The minimum atomic E-state index is -0.453. The first kappa shape index (κ1) is 12.2. The van der Waals surface area contributed by atoms with Crippen molar-refractivity contribution in [2.45, 2.75) is 12.5 Å². The van der Waals surface area contributed by atoms with Crippen LogP contribution >= 0.6 is 23.2 Å². The van der Waals surface area contributed by atoms with Gasteiger partial charge in [0.15, 0.2) is 5.65 Å². The minimum Gasteiger partial charge on any atom is -0.362 e. The molecule has 0 aliphatic carbocycles. The van der Waals surface area contributed by atoms with Gasteiger partial charge in [0.2, 0.25) is 0 Å². The largest absolute Gasteiger partial charge is 0.362 e. The Kier molecular flexibility index (Phi) is 3.26. The van der Waals surface area contributed by atoms with Crippen LogP contribution in [0.3, 0.4) is 0 Å². The molecule has 0 saturated carbocycles. The second-order valence-electron chi connectivity index (χ2n) is 3.98. The van der Waals surface area contributed by atoms with Crippen molar-refractivity contribution >= 4 is 34.7 Å². The van der Waals surface area contributed by atoms with Crippen LogP contribution < -0.4 is 11.0 Å². The SMILES string of the molecule is CC(CCl)(CCl)Nc1cc2n[nH]c(=O)n2cn1. The van der Waals surface area contributed by atoms with Gasteiger partial charge in [-0.25, -0.2) is 19.3 Å². The molecule has 0 aliphatic rings. The van der Waals surface area contributed by atoms with Gasteiger partial charge in [-0.2, -0.15) is 5.10 Å². The molecule has 2 aromatic heterocycles. The second-order valence-corrected chi connectivity index (χ2v) is 4.52. The topological polar surface area (TPSA) is 75.1 Å². The highest BCUT2D eigenvalue weighted by Crippen LogP contribution is 2.16. The standard InChI is InChI=1S/C9H11Cl2N5O/c1-9(3-10,4-11)13-6-2-7-14-15-8(17)16(7)5-12-6/h2,5,13H,3-4H2,1H3,(H,15,17). The van der Waals surface area contributed by atoms with E-state index in [1.54, 1.807) is 6.07 Å². The summed E-state index contributed by atoms with van der Waals surface area (Å²) in [5, 5.41) is 9.28. The summed E-state index contributed by atoms with van der Waals surface area (Å²) in [6.45, 7) is 1.88. The van der Waals surface area contributed by atoms with Gasteiger partial charge in [0.05, 0.1) is 5.54 Å². The van der Waals surface area contributed by atoms with Crippen molar-refractivity contribution in [3.8, 4) is 0 Å². The maximum absolute atomic E-state index is 11.2. The zero-order valence-corrected chi connectivity index (χ0v) is 10.6. The number of nitrogens with zero attached hydrogens (tertiary/aromatic N) is 3. The van der Waals surface area contributed by atoms with Crippen LogP contribution in [0.1, 0.15) is 6.92 Å². The first-order valence-electron chi connectivity index (χ1n) is 4.91. The number of H-pyrrole nitrogens is 1. The average molecular weight is 276 g/mol. The molecule has 2 aromatic rings. The van der Waals surface area contributed by atoms with Crippen LogP contribution in [-0.2, 0) is 0 Å². The fraction of sp³-hybridized carbons (Fsp3) is 0.444. The van der Waals surface area contributed by atoms with Crippen LogP contribution in [0, 0.1) is 0 Å². The average Bonchev–Trinajstić information content (AvgIpc) is 2.70. The van der Waals surface area contributed by atoms with E-state index in [0.29, 0.717) is 23.2 Å². The van der Waals surface area contributed by atoms with Crippen LogP contribution in [0.25, 0.3) is 5.65 Å². The lowest BCUT2D eigenvalue weighted by Gasteiger charge is -2.26. The Morgan fingerprint density at radius 2 is 2.24 bits per heavy atom. The van der Waals surface area contributed by atoms with E-state index in [0.717, 1.165) is 0 Å². The summed E-state index contributed by atoms with van der Waals surface area (Å²) < 4.78 is 1.31. The molecule has 0 bridgehead atoms. The third kappa shape index (κ3) is 2.37. The minimum absolute atomic E-state index is 0.323. The molecule has 6 nitrogen and oxygen atoms in total. The fourth-order valence-corrected chi connectivity index (χ4v) is 1.71. The van der Waals surface area contributed by atoms with Crippen molar-refractivity contribution in [1.82, 2.24) is 19.6 Å². The van der Waals surface area contributed by atoms with Crippen molar-refractivity contribution in [2.75, 3.05) is 17.1 Å². The molecule has 0 amide bonds. The number of rotatable bonds is 4. The van der Waals surface area contributed by atoms with Gasteiger partial charge < -0.3 is 5.32 Å². The van der Waals surface area contributed by atoms with E-state index in [1.807, 2.05) is 6.92 Å². The van der Waals surface area contributed by atoms with Gasteiger partial charge in [0.25, 0.3) is 0 Å². The molecule has 0 unspecified atom stereocenters. The predicted molar refractivity (Wildman–Crippen MR) is 67.1 cm³/mol. The molecule has 17 heavy (non-hydrogen) atoms. The third-order valence-corrected chi connectivity index (χ3v) is 3.51. The number of aromatic nitrogens is 4. The van der Waals surface area contributed by atoms with E-state index in [2.05, 4.69) is 20.5 Å². The van der Waals surface area contributed by atoms with Crippen molar-refractivity contribution in [1.29, 1.82) is 0 Å². The van der Waals surface area contributed by atoms with Crippen LogP contribution in [0.15, 0.2) is 17.2 Å². The summed E-state index contributed by atoms with van der Waals surface area (Å²) in [6, 6.07) is 1.65. The highest BCUT2D eigenvalue weighted by atomic mass is 35.5. The number of hydrogen-bond donors (Lipinski definition) is 2. The number of nitrogens with one attached hydrogen (secondary N) is 2. The molecule has 2 N–H and O–H groups in total. The third-order valence-electron chi connectivity index (χ3n) is 2.33. The molecule has 8 heteroatoms. The molecule has 0 fully saturated rings. The van der Waals surface area contributed by atoms with Gasteiger partial charge in [-0.15, -0.1) is 23.2 Å². The summed E-state index contributed by atoms with van der Waals surface area (Å²) in [5.41, 5.74) is -0.291. The number of hydrogen-bond acceptors (Lipinski definition) is 4. The second kappa shape index (κ2) is 4.54. The van der Waals surface area contributed by atoms with Gasteiger partial charge in [-0.3, -0.25) is 0 Å². The van der Waals surface area contributed by atoms with E-state index in [4.69, 9.17) is 23.2 Å². The lowest BCUT2D eigenvalue weighted by Crippen LogP contribution is -2.39. The summed E-state index contributed by atoms with van der Waals surface area (Å²) in [5.74, 6) is 1.26. The summed E-state index contributed by atoms with van der Waals surface area (Å²) in [7, 11) is 0. The Hall–Kier alpha value is -1.27. The number of aromatic amines is 1. The molecular weight excluding hydrogens is 265 g/mol. The maximum Gasteiger partial charge on any atom is 0.348 e. The summed E-state index contributed by atoms with van der Waals surface area (Å²) in [4.78, 5) is 15.3. The number of fused-ring (bicyclic) bond motifs is 1. The molecule has 0 aromatic carbocycles. The molecule has 0 aliphatic heterocycles. The van der Waals surface area contributed by atoms with Gasteiger partial charge >= 0.3 is 5.69 Å². The van der Waals surface area contributed by atoms with Crippen molar-refractivity contribution in [3.05, 3.63) is 22.9 Å². The van der Waals surface area contributed by atoms with Crippen molar-refractivity contribution in [2.24, 2.45) is 0 Å². The zero-order chi connectivity index (χ0) is 12.5. The highest BCUT2D eigenvalue weighted by molar-refractivity contribution is 6.22. The molecular formula is C9H11Cl2N5O. The first-order valence-corrected chi connectivity index (χ1v) is 5.98. The Balaban J connectivity index is 2.34. The van der Waals surface area contributed by atoms with Crippen LogP contribution in [0.5, 0.6) is 0 Å². The quantitative estimate of drug-likeness (QED) is 0.819. The highest BCUT2D eigenvalue weighted by Gasteiger charge is 2.22. The molecule has 0 atom stereocenters. The lowest BCUT2D eigenvalue weighted by molar-refractivity contribution is 0.645. The maximum atomic E-state index is 11.2. The van der Waals surface area contributed by atoms with E-state index in [-0.39, 0.29) is 5.69 Å². The van der Waals surface area contributed by atoms with Crippen LogP contribution in [0.4, 0.5) is 5.82 Å². The molecule has 2 heterocycles. The Labute approximate surface area is 107 Å². The van der Waals surface area contributed by atoms with Gasteiger partial charge in [-0.05, 0) is 6.92 Å². The molecule has 0 spiro atoms. The van der Waals surface area contributed by atoms with Gasteiger partial charge in [0, 0.05) is 17.8 Å². The molecule has 2 rings (SSSR count). The predicted octanol–water partition coefficient (Wildman–Crippen LogP) is 1.07. The van der Waals surface area contributed by atoms with E-state index in [9.17, 15) is 4.79 Å². The summed E-state index contributed by atoms with van der Waals surface area (Å²) >= 11 is 11.7. The Morgan fingerprint density at radius 3 is 2.88 bits per heavy atom. The zero-order valence-electron chi connectivity index (χ0n) is 9.07. The van der Waals surface area contributed by atoms with Crippen molar-refractivity contribution < 1.29 is 0 Å². The van der Waals surface area contributed by atoms with Crippen LogP contribution in [-0.4, -0.2) is 36.9 Å². The fourth-order valence-electron chi connectivity index (χ4n) is 1.29.